The Hall–Kier alpha value is -0.380. The third-order valence-corrected chi connectivity index (χ3v) is 1.90. The largest absolute Gasteiger partial charge is 0.188 e. The van der Waals surface area contributed by atoms with E-state index in [2.05, 4.69) is 33.1 Å². The topological polar surface area (TPSA) is 30.7 Å². The second kappa shape index (κ2) is 3.85. The van der Waals surface area contributed by atoms with E-state index in [-0.39, 0.29) is 0 Å². The van der Waals surface area contributed by atoms with Gasteiger partial charge in [-0.2, -0.15) is 15.0 Å². The maximum Gasteiger partial charge on any atom is 0.0827 e. The molecule has 0 aliphatic rings. The van der Waals surface area contributed by atoms with E-state index in [0.29, 0.717) is 4.83 Å². The van der Waals surface area contributed by atoms with Crippen molar-refractivity contribution >= 4 is 15.9 Å². The number of alkyl halides is 1. The first-order valence-corrected chi connectivity index (χ1v) is 4.59. The number of aryl methyl sites for hydroxylation is 2. The predicted molar refractivity (Wildman–Crippen MR) is 47.7 cm³/mol. The average Bonchev–Trinajstić information content (AvgIpc) is 2.31. The number of aromatic nitrogens is 3. The van der Waals surface area contributed by atoms with Crippen molar-refractivity contribution in [2.75, 3.05) is 0 Å². The second-order valence-corrected chi connectivity index (χ2v) is 4.21. The lowest BCUT2D eigenvalue weighted by Crippen LogP contribution is -1.96. The van der Waals surface area contributed by atoms with Crippen molar-refractivity contribution in [3.8, 4) is 0 Å². The van der Waals surface area contributed by atoms with Crippen LogP contribution in [0.3, 0.4) is 0 Å². The van der Waals surface area contributed by atoms with E-state index in [1.165, 1.54) is 0 Å². The van der Waals surface area contributed by atoms with Gasteiger partial charge in [0.25, 0.3) is 0 Å². The number of nitrogens with zero attached hydrogens (tertiary/aromatic N) is 3. The Labute approximate surface area is 74.9 Å². The van der Waals surface area contributed by atoms with Crippen LogP contribution >= 0.6 is 15.9 Å². The second-order valence-electron chi connectivity index (χ2n) is 2.64. The molecule has 1 rings (SSSR count). The van der Waals surface area contributed by atoms with Gasteiger partial charge in [0.2, 0.25) is 0 Å². The SMILES string of the molecule is CC(Br)CCc1cnn(C)n1. The molecule has 0 fully saturated rings. The summed E-state index contributed by atoms with van der Waals surface area (Å²) in [6.07, 6.45) is 3.92. The molecule has 0 aromatic carbocycles. The molecule has 0 saturated heterocycles. The Bertz CT molecular complexity index is 219. The Balaban J connectivity index is 2.39. The van der Waals surface area contributed by atoms with Gasteiger partial charge in [-0.05, 0) is 12.8 Å². The highest BCUT2D eigenvalue weighted by Crippen LogP contribution is 2.07. The van der Waals surface area contributed by atoms with Gasteiger partial charge in [0.15, 0.2) is 0 Å². The van der Waals surface area contributed by atoms with Crippen molar-refractivity contribution in [2.45, 2.75) is 24.6 Å². The molecule has 0 amide bonds. The Kier molecular flexibility index (Phi) is 3.05. The molecule has 4 heteroatoms. The molecule has 0 radical (unpaired) electrons. The predicted octanol–water partition coefficient (Wildman–Crippen LogP) is 1.53. The zero-order valence-corrected chi connectivity index (χ0v) is 8.37. The van der Waals surface area contributed by atoms with Crippen molar-refractivity contribution in [3.63, 3.8) is 0 Å². The van der Waals surface area contributed by atoms with E-state index in [4.69, 9.17) is 0 Å². The van der Waals surface area contributed by atoms with Crippen LogP contribution in [0.2, 0.25) is 0 Å². The monoisotopic (exact) mass is 217 g/mol. The molecule has 1 atom stereocenters. The number of hydrogen-bond acceptors (Lipinski definition) is 2. The van der Waals surface area contributed by atoms with Gasteiger partial charge in [-0.3, -0.25) is 0 Å². The molecule has 0 aliphatic heterocycles. The zero-order valence-electron chi connectivity index (χ0n) is 6.79. The van der Waals surface area contributed by atoms with E-state index < -0.39 is 0 Å². The molecule has 1 heterocycles. The van der Waals surface area contributed by atoms with Crippen molar-refractivity contribution < 1.29 is 0 Å². The Morgan fingerprint density at radius 3 is 2.91 bits per heavy atom. The van der Waals surface area contributed by atoms with E-state index in [1.807, 2.05) is 13.2 Å². The fourth-order valence-corrected chi connectivity index (χ4v) is 1.08. The summed E-state index contributed by atoms with van der Waals surface area (Å²) >= 11 is 3.48. The van der Waals surface area contributed by atoms with E-state index >= 15 is 0 Å². The first-order valence-electron chi connectivity index (χ1n) is 3.68. The van der Waals surface area contributed by atoms with E-state index in [0.717, 1.165) is 18.5 Å². The van der Waals surface area contributed by atoms with Crippen LogP contribution in [0.5, 0.6) is 0 Å². The van der Waals surface area contributed by atoms with Crippen LogP contribution in [0.4, 0.5) is 0 Å². The fourth-order valence-electron chi connectivity index (χ4n) is 0.849. The van der Waals surface area contributed by atoms with E-state index in [9.17, 15) is 0 Å². The number of halogens is 1. The first-order chi connectivity index (χ1) is 5.18. The third kappa shape index (κ3) is 3.01. The minimum atomic E-state index is 0.560. The smallest absolute Gasteiger partial charge is 0.0827 e. The van der Waals surface area contributed by atoms with Gasteiger partial charge in [0.1, 0.15) is 0 Å². The summed E-state index contributed by atoms with van der Waals surface area (Å²) in [5, 5.41) is 8.15. The summed E-state index contributed by atoms with van der Waals surface area (Å²) < 4.78 is 0. The van der Waals surface area contributed by atoms with Crippen LogP contribution in [0.15, 0.2) is 6.20 Å². The molecule has 0 saturated carbocycles. The van der Waals surface area contributed by atoms with Crippen molar-refractivity contribution in [2.24, 2.45) is 7.05 Å². The van der Waals surface area contributed by atoms with Crippen LogP contribution in [0, 0.1) is 0 Å². The molecule has 0 spiro atoms. The Morgan fingerprint density at radius 1 is 1.73 bits per heavy atom. The number of rotatable bonds is 3. The van der Waals surface area contributed by atoms with Crippen LogP contribution < -0.4 is 0 Å². The lowest BCUT2D eigenvalue weighted by Gasteiger charge is -1.97. The maximum atomic E-state index is 4.17. The maximum absolute atomic E-state index is 4.17. The fraction of sp³-hybridized carbons (Fsp3) is 0.714. The standard InChI is InChI=1S/C7H12BrN3/c1-6(8)3-4-7-5-9-11(2)10-7/h5-6H,3-4H2,1-2H3. The van der Waals surface area contributed by atoms with Gasteiger partial charge in [-0.15, -0.1) is 0 Å². The van der Waals surface area contributed by atoms with Crippen LogP contribution in [-0.4, -0.2) is 19.8 Å². The lowest BCUT2D eigenvalue weighted by molar-refractivity contribution is 0.640. The summed E-state index contributed by atoms with van der Waals surface area (Å²) in [6, 6.07) is 0. The van der Waals surface area contributed by atoms with Gasteiger partial charge in [-0.25, -0.2) is 0 Å². The average molecular weight is 218 g/mol. The molecular formula is C7H12BrN3. The summed E-state index contributed by atoms with van der Waals surface area (Å²) in [5.74, 6) is 0. The molecule has 62 valence electrons. The highest BCUT2D eigenvalue weighted by molar-refractivity contribution is 9.09. The minimum Gasteiger partial charge on any atom is -0.188 e. The quantitative estimate of drug-likeness (QED) is 0.720. The van der Waals surface area contributed by atoms with Crippen molar-refractivity contribution in [1.29, 1.82) is 0 Å². The first kappa shape index (κ1) is 8.71. The van der Waals surface area contributed by atoms with Crippen molar-refractivity contribution in [3.05, 3.63) is 11.9 Å². The van der Waals surface area contributed by atoms with Gasteiger partial charge in [0.05, 0.1) is 11.9 Å². The summed E-state index contributed by atoms with van der Waals surface area (Å²) in [4.78, 5) is 2.15. The number of hydrogen-bond donors (Lipinski definition) is 0. The molecule has 0 bridgehead atoms. The molecule has 1 unspecified atom stereocenters. The van der Waals surface area contributed by atoms with Gasteiger partial charge < -0.3 is 0 Å². The zero-order chi connectivity index (χ0) is 8.27. The van der Waals surface area contributed by atoms with Crippen molar-refractivity contribution in [1.82, 2.24) is 15.0 Å². The van der Waals surface area contributed by atoms with Crippen LogP contribution in [0.25, 0.3) is 0 Å². The van der Waals surface area contributed by atoms with Gasteiger partial charge in [0, 0.05) is 11.9 Å². The molecule has 1 aromatic heterocycles. The van der Waals surface area contributed by atoms with E-state index in [1.54, 1.807) is 4.80 Å². The highest BCUT2D eigenvalue weighted by Gasteiger charge is 2.00. The molecular weight excluding hydrogens is 206 g/mol. The Morgan fingerprint density at radius 2 is 2.45 bits per heavy atom. The lowest BCUT2D eigenvalue weighted by atomic mass is 10.2. The molecule has 3 nitrogen and oxygen atoms in total. The molecule has 1 aromatic rings. The third-order valence-electron chi connectivity index (χ3n) is 1.45. The molecule has 0 aliphatic carbocycles. The van der Waals surface area contributed by atoms with Gasteiger partial charge in [-0.1, -0.05) is 22.9 Å². The summed E-state index contributed by atoms with van der Waals surface area (Å²) in [5.41, 5.74) is 1.07. The summed E-state index contributed by atoms with van der Waals surface area (Å²) in [6.45, 7) is 2.14. The minimum absolute atomic E-state index is 0.560. The summed E-state index contributed by atoms with van der Waals surface area (Å²) in [7, 11) is 1.83. The van der Waals surface area contributed by atoms with Crippen LogP contribution in [0.1, 0.15) is 19.0 Å². The highest BCUT2D eigenvalue weighted by atomic mass is 79.9. The van der Waals surface area contributed by atoms with Gasteiger partial charge >= 0.3 is 0 Å². The molecule has 11 heavy (non-hydrogen) atoms. The molecule has 0 N–H and O–H groups in total. The normalized spacial score (nSPS) is 13.4. The van der Waals surface area contributed by atoms with Crippen LogP contribution in [-0.2, 0) is 13.5 Å².